The van der Waals surface area contributed by atoms with Crippen LogP contribution in [0.15, 0.2) is 25.3 Å². The van der Waals surface area contributed by atoms with Gasteiger partial charge in [-0.3, -0.25) is 14.4 Å². The summed E-state index contributed by atoms with van der Waals surface area (Å²) in [6.45, 7) is 25.1. The maximum absolute atomic E-state index is 14.8. The molecule has 0 aliphatic carbocycles. The lowest BCUT2D eigenvalue weighted by Gasteiger charge is -2.46. The van der Waals surface area contributed by atoms with E-state index in [0.717, 1.165) is 12.8 Å². The summed E-state index contributed by atoms with van der Waals surface area (Å²) in [7, 11) is 0. The van der Waals surface area contributed by atoms with Crippen LogP contribution in [0.4, 0.5) is 0 Å². The van der Waals surface area contributed by atoms with Gasteiger partial charge in [-0.05, 0) is 58.3 Å². The fraction of sp³-hybridized carbons (Fsp3) is 0.781. The molecule has 8 nitrogen and oxygen atoms in total. The molecule has 3 aliphatic heterocycles. The van der Waals surface area contributed by atoms with Crippen molar-refractivity contribution in [2.45, 2.75) is 116 Å². The number of rotatable bonds is 13. The SMILES string of the molecule is C=CCN(CCC)C(=O)[C@@H]1[C@H]2C(=O)N([C@H](C)CO)C(C(=O)N(CC=C)C(C)(C)CC(C)(C)C)C23CC[C@@]1(CC)O3. The lowest BCUT2D eigenvalue weighted by molar-refractivity contribution is -0.160. The van der Waals surface area contributed by atoms with Gasteiger partial charge in [0.05, 0.1) is 30.1 Å². The maximum atomic E-state index is 14.8. The molecule has 3 aliphatic rings. The van der Waals surface area contributed by atoms with E-state index in [1.165, 1.54) is 0 Å². The van der Waals surface area contributed by atoms with Gasteiger partial charge in [0, 0.05) is 25.2 Å². The van der Waals surface area contributed by atoms with Crippen molar-refractivity contribution in [3.63, 3.8) is 0 Å². The van der Waals surface area contributed by atoms with Crippen LogP contribution in [0.2, 0.25) is 0 Å². The van der Waals surface area contributed by atoms with E-state index < -0.39 is 40.7 Å². The van der Waals surface area contributed by atoms with Crippen LogP contribution >= 0.6 is 0 Å². The number of ether oxygens (including phenoxy) is 1. The van der Waals surface area contributed by atoms with Crippen LogP contribution in [0.1, 0.15) is 87.5 Å². The first kappa shape index (κ1) is 32.3. The summed E-state index contributed by atoms with van der Waals surface area (Å²) < 4.78 is 6.94. The molecule has 2 unspecified atom stereocenters. The highest BCUT2D eigenvalue weighted by Crippen LogP contribution is 2.65. The van der Waals surface area contributed by atoms with Crippen LogP contribution in [-0.4, -0.2) is 92.6 Å². The molecule has 6 atom stereocenters. The zero-order valence-electron chi connectivity index (χ0n) is 26.2. The first-order valence-corrected chi connectivity index (χ1v) is 15.1. The van der Waals surface area contributed by atoms with Gasteiger partial charge in [0.1, 0.15) is 11.6 Å². The minimum atomic E-state index is -1.13. The number of hydrogen-bond acceptors (Lipinski definition) is 5. The molecule has 3 amide bonds. The predicted molar refractivity (Wildman–Crippen MR) is 157 cm³/mol. The van der Waals surface area contributed by atoms with Gasteiger partial charge in [-0.15, -0.1) is 13.2 Å². The van der Waals surface area contributed by atoms with Crippen LogP contribution in [0.5, 0.6) is 0 Å². The highest BCUT2D eigenvalue weighted by molar-refractivity contribution is 5.99. The number of aliphatic hydroxyl groups is 1. The summed E-state index contributed by atoms with van der Waals surface area (Å²) in [4.78, 5) is 48.5. The molecule has 3 rings (SSSR count). The number of carbonyl (C=O) groups excluding carboxylic acids is 3. The van der Waals surface area contributed by atoms with Crippen molar-refractivity contribution in [2.75, 3.05) is 26.2 Å². The number of amides is 3. The van der Waals surface area contributed by atoms with Crippen molar-refractivity contribution in [3.8, 4) is 0 Å². The Morgan fingerprint density at radius 1 is 1.12 bits per heavy atom. The molecular weight excluding hydrogens is 506 g/mol. The first-order chi connectivity index (χ1) is 18.6. The van der Waals surface area contributed by atoms with Gasteiger partial charge < -0.3 is 24.5 Å². The Morgan fingerprint density at radius 3 is 2.25 bits per heavy atom. The third-order valence-corrected chi connectivity index (χ3v) is 9.28. The lowest BCUT2D eigenvalue weighted by Crippen LogP contribution is -2.62. The Labute approximate surface area is 241 Å². The highest BCUT2D eigenvalue weighted by Gasteiger charge is 2.79. The fourth-order valence-electron chi connectivity index (χ4n) is 8.09. The zero-order chi connectivity index (χ0) is 30.3. The molecule has 0 aromatic carbocycles. The maximum Gasteiger partial charge on any atom is 0.249 e. The van der Waals surface area contributed by atoms with E-state index in [4.69, 9.17) is 4.74 Å². The molecule has 8 heteroatoms. The van der Waals surface area contributed by atoms with E-state index in [0.29, 0.717) is 38.9 Å². The summed E-state index contributed by atoms with van der Waals surface area (Å²) in [6, 6.07) is -1.54. The molecule has 0 radical (unpaired) electrons. The molecule has 3 saturated heterocycles. The normalized spacial score (nSPS) is 30.3. The lowest BCUT2D eigenvalue weighted by atomic mass is 9.64. The van der Waals surface area contributed by atoms with Crippen molar-refractivity contribution in [1.82, 2.24) is 14.7 Å². The molecule has 0 aromatic heterocycles. The number of hydrogen-bond donors (Lipinski definition) is 1. The van der Waals surface area contributed by atoms with Crippen molar-refractivity contribution in [2.24, 2.45) is 17.3 Å². The van der Waals surface area contributed by atoms with E-state index in [9.17, 15) is 19.5 Å². The van der Waals surface area contributed by atoms with E-state index >= 15 is 0 Å². The number of nitrogens with zero attached hydrogens (tertiary/aromatic N) is 3. The topological polar surface area (TPSA) is 90.4 Å². The first-order valence-electron chi connectivity index (χ1n) is 15.1. The second-order valence-electron chi connectivity index (χ2n) is 14.0. The van der Waals surface area contributed by atoms with E-state index in [2.05, 4.69) is 47.8 Å². The third-order valence-electron chi connectivity index (χ3n) is 9.28. The minimum absolute atomic E-state index is 0.0480. The third kappa shape index (κ3) is 5.26. The summed E-state index contributed by atoms with van der Waals surface area (Å²) in [6.07, 6.45) is 6.65. The van der Waals surface area contributed by atoms with Crippen molar-refractivity contribution in [3.05, 3.63) is 25.3 Å². The summed E-state index contributed by atoms with van der Waals surface area (Å²) in [5.41, 5.74) is -2.52. The van der Waals surface area contributed by atoms with E-state index in [-0.39, 0.29) is 29.7 Å². The Hall–Kier alpha value is -2.19. The molecule has 3 fully saturated rings. The summed E-state index contributed by atoms with van der Waals surface area (Å²) in [5, 5.41) is 10.2. The average molecular weight is 560 g/mol. The second-order valence-corrected chi connectivity index (χ2v) is 14.0. The van der Waals surface area contributed by atoms with Gasteiger partial charge in [-0.1, -0.05) is 46.8 Å². The molecule has 226 valence electrons. The molecule has 1 N–H and O–H groups in total. The summed E-state index contributed by atoms with van der Waals surface area (Å²) in [5.74, 6) is -2.05. The Morgan fingerprint density at radius 2 is 1.75 bits per heavy atom. The number of fused-ring (bicyclic) bond motifs is 1. The van der Waals surface area contributed by atoms with E-state index in [1.807, 2.05) is 18.7 Å². The standard InChI is InChI=1S/C32H53N3O5/c1-11-17-33(18-12-2)26(37)23-24-27(38)35(22(5)20-36)25(32(24)16-15-31(23,14-4)40-32)28(39)34(19-13-3)30(9,10)21-29(6,7)8/h11,13,22-25,36H,1,3,12,14-21H2,2,4-10H3/t22-,23+,24+,25?,31-,32?/m1/s1. The molecular formula is C32H53N3O5. The van der Waals surface area contributed by atoms with Gasteiger partial charge in [-0.2, -0.15) is 0 Å². The van der Waals surface area contributed by atoms with Gasteiger partial charge >= 0.3 is 0 Å². The van der Waals surface area contributed by atoms with Crippen molar-refractivity contribution >= 4 is 17.7 Å². The van der Waals surface area contributed by atoms with Gasteiger partial charge in [0.15, 0.2) is 0 Å². The number of carbonyl (C=O) groups is 3. The number of likely N-dealkylation sites (tertiary alicyclic amines) is 1. The second kappa shape index (κ2) is 11.6. The minimum Gasteiger partial charge on any atom is -0.394 e. The molecule has 1 spiro atoms. The molecule has 3 heterocycles. The zero-order valence-corrected chi connectivity index (χ0v) is 26.2. The van der Waals surface area contributed by atoms with Gasteiger partial charge in [0.25, 0.3) is 0 Å². The Balaban J connectivity index is 2.18. The fourth-order valence-corrected chi connectivity index (χ4v) is 8.09. The van der Waals surface area contributed by atoms with Gasteiger partial charge in [-0.25, -0.2) is 0 Å². The quantitative estimate of drug-likeness (QED) is 0.342. The van der Waals surface area contributed by atoms with E-state index in [1.54, 1.807) is 28.9 Å². The van der Waals surface area contributed by atoms with Gasteiger partial charge in [0.2, 0.25) is 17.7 Å². The molecule has 2 bridgehead atoms. The monoisotopic (exact) mass is 559 g/mol. The molecule has 0 saturated carbocycles. The van der Waals surface area contributed by atoms with Crippen LogP contribution in [0, 0.1) is 17.3 Å². The smallest absolute Gasteiger partial charge is 0.249 e. The summed E-state index contributed by atoms with van der Waals surface area (Å²) >= 11 is 0. The Bertz CT molecular complexity index is 1000. The largest absolute Gasteiger partial charge is 0.394 e. The highest BCUT2D eigenvalue weighted by atomic mass is 16.5. The predicted octanol–water partition coefficient (Wildman–Crippen LogP) is 4.18. The Kier molecular flexibility index (Phi) is 9.37. The average Bonchev–Trinajstić information content (AvgIpc) is 3.48. The van der Waals surface area contributed by atoms with Crippen molar-refractivity contribution < 1.29 is 24.2 Å². The van der Waals surface area contributed by atoms with Crippen LogP contribution in [0.25, 0.3) is 0 Å². The number of aliphatic hydroxyl groups excluding tert-OH is 1. The molecule has 0 aromatic rings. The van der Waals surface area contributed by atoms with Crippen LogP contribution in [0.3, 0.4) is 0 Å². The van der Waals surface area contributed by atoms with Crippen LogP contribution < -0.4 is 0 Å². The van der Waals surface area contributed by atoms with Crippen LogP contribution in [-0.2, 0) is 19.1 Å². The van der Waals surface area contributed by atoms with Crippen molar-refractivity contribution in [1.29, 1.82) is 0 Å². The molecule has 40 heavy (non-hydrogen) atoms.